The summed E-state index contributed by atoms with van der Waals surface area (Å²) in [5, 5.41) is 2.96. The Bertz CT molecular complexity index is 423. The molecule has 2 N–H and O–H groups in total. The number of likely N-dealkylation sites (N-methyl/N-ethyl adjacent to an activating group) is 1. The highest BCUT2D eigenvalue weighted by molar-refractivity contribution is 5.97. The van der Waals surface area contributed by atoms with E-state index < -0.39 is 0 Å². The van der Waals surface area contributed by atoms with Gasteiger partial charge < -0.3 is 19.9 Å². The van der Waals surface area contributed by atoms with E-state index in [1.807, 2.05) is 13.8 Å². The van der Waals surface area contributed by atoms with Gasteiger partial charge in [-0.25, -0.2) is 0 Å². The molecule has 1 aromatic rings. The van der Waals surface area contributed by atoms with Crippen molar-refractivity contribution in [2.24, 2.45) is 0 Å². The van der Waals surface area contributed by atoms with Crippen molar-refractivity contribution in [1.82, 2.24) is 15.2 Å². The van der Waals surface area contributed by atoms with Crippen LogP contribution in [0.15, 0.2) is 0 Å². The Balaban J connectivity index is 2.61. The van der Waals surface area contributed by atoms with Gasteiger partial charge in [-0.3, -0.25) is 4.79 Å². The molecule has 108 valence electrons. The van der Waals surface area contributed by atoms with Crippen LogP contribution in [0, 0.1) is 13.8 Å². The van der Waals surface area contributed by atoms with Gasteiger partial charge in [0.25, 0.3) is 5.91 Å². The Morgan fingerprint density at radius 2 is 1.95 bits per heavy atom. The zero-order chi connectivity index (χ0) is 14.4. The molecule has 0 saturated carbocycles. The van der Waals surface area contributed by atoms with Gasteiger partial charge in [0.1, 0.15) is 0 Å². The molecule has 0 bridgehead atoms. The van der Waals surface area contributed by atoms with Crippen molar-refractivity contribution < 1.29 is 9.53 Å². The molecule has 0 unspecified atom stereocenters. The number of aromatic amines is 1. The summed E-state index contributed by atoms with van der Waals surface area (Å²) >= 11 is 0. The SMILES string of the molecule is CCN(CC)CCNC(=O)c1c(C)[nH]c(OC)c1C. The first kappa shape index (κ1) is 15.6. The highest BCUT2D eigenvalue weighted by Crippen LogP contribution is 2.23. The average Bonchev–Trinajstić information content (AvgIpc) is 2.69. The summed E-state index contributed by atoms with van der Waals surface area (Å²) in [6.07, 6.45) is 0. The molecule has 5 heteroatoms. The molecule has 5 nitrogen and oxygen atoms in total. The van der Waals surface area contributed by atoms with Gasteiger partial charge in [-0.15, -0.1) is 0 Å². The van der Waals surface area contributed by atoms with Gasteiger partial charge in [0, 0.05) is 24.3 Å². The summed E-state index contributed by atoms with van der Waals surface area (Å²) in [7, 11) is 1.60. The van der Waals surface area contributed by atoms with Crippen LogP contribution in [-0.2, 0) is 0 Å². The van der Waals surface area contributed by atoms with Crippen LogP contribution >= 0.6 is 0 Å². The van der Waals surface area contributed by atoms with Crippen molar-refractivity contribution in [3.8, 4) is 5.88 Å². The van der Waals surface area contributed by atoms with E-state index in [-0.39, 0.29) is 5.91 Å². The highest BCUT2D eigenvalue weighted by atomic mass is 16.5. The number of ether oxygens (including phenoxy) is 1. The first-order valence-corrected chi connectivity index (χ1v) is 6.78. The fraction of sp³-hybridized carbons (Fsp3) is 0.643. The number of methoxy groups -OCH3 is 1. The number of nitrogens with zero attached hydrogens (tertiary/aromatic N) is 1. The number of aromatic nitrogens is 1. The highest BCUT2D eigenvalue weighted by Gasteiger charge is 2.18. The molecular weight excluding hydrogens is 242 g/mol. The summed E-state index contributed by atoms with van der Waals surface area (Å²) in [6, 6.07) is 0. The van der Waals surface area contributed by atoms with Crippen LogP contribution in [0.25, 0.3) is 0 Å². The second-order valence-corrected chi connectivity index (χ2v) is 4.57. The van der Waals surface area contributed by atoms with Crippen LogP contribution in [0.2, 0.25) is 0 Å². The number of hydrogen-bond acceptors (Lipinski definition) is 3. The minimum atomic E-state index is -0.0401. The van der Waals surface area contributed by atoms with Gasteiger partial charge in [0.2, 0.25) is 0 Å². The minimum absolute atomic E-state index is 0.0401. The summed E-state index contributed by atoms with van der Waals surface area (Å²) < 4.78 is 5.19. The van der Waals surface area contributed by atoms with Crippen molar-refractivity contribution in [2.75, 3.05) is 33.3 Å². The number of rotatable bonds is 7. The van der Waals surface area contributed by atoms with E-state index in [2.05, 4.69) is 29.0 Å². The fourth-order valence-electron chi connectivity index (χ4n) is 2.22. The second kappa shape index (κ2) is 7.19. The monoisotopic (exact) mass is 267 g/mol. The van der Waals surface area contributed by atoms with Crippen molar-refractivity contribution in [1.29, 1.82) is 0 Å². The molecule has 0 fully saturated rings. The fourth-order valence-corrected chi connectivity index (χ4v) is 2.22. The second-order valence-electron chi connectivity index (χ2n) is 4.57. The Hall–Kier alpha value is -1.49. The molecule has 0 spiro atoms. The number of amides is 1. The summed E-state index contributed by atoms with van der Waals surface area (Å²) in [5.74, 6) is 0.619. The first-order chi connectivity index (χ1) is 9.04. The molecule has 0 atom stereocenters. The molecular formula is C14H25N3O2. The van der Waals surface area contributed by atoms with Crippen molar-refractivity contribution in [3.05, 3.63) is 16.8 Å². The molecule has 0 aliphatic rings. The lowest BCUT2D eigenvalue weighted by atomic mass is 10.1. The van der Waals surface area contributed by atoms with E-state index in [1.54, 1.807) is 7.11 Å². The molecule has 0 aromatic carbocycles. The largest absolute Gasteiger partial charge is 0.482 e. The van der Waals surface area contributed by atoms with E-state index in [9.17, 15) is 4.79 Å². The van der Waals surface area contributed by atoms with Crippen molar-refractivity contribution >= 4 is 5.91 Å². The van der Waals surface area contributed by atoms with Crippen molar-refractivity contribution in [3.63, 3.8) is 0 Å². The van der Waals surface area contributed by atoms with E-state index in [1.165, 1.54) is 0 Å². The molecule has 19 heavy (non-hydrogen) atoms. The zero-order valence-corrected chi connectivity index (χ0v) is 12.6. The number of nitrogens with one attached hydrogen (secondary N) is 2. The van der Waals surface area contributed by atoms with Gasteiger partial charge in [-0.05, 0) is 26.9 Å². The lowest BCUT2D eigenvalue weighted by Gasteiger charge is -2.18. The summed E-state index contributed by atoms with van der Waals surface area (Å²) in [6.45, 7) is 11.6. The quantitative estimate of drug-likeness (QED) is 0.791. The van der Waals surface area contributed by atoms with Crippen LogP contribution < -0.4 is 10.1 Å². The molecule has 0 aliphatic heterocycles. The standard InChI is InChI=1S/C14H25N3O2/c1-6-17(7-2)9-8-15-13(18)12-10(3)14(19-5)16-11(12)4/h16H,6-9H2,1-5H3,(H,15,18). The Morgan fingerprint density at radius 1 is 1.32 bits per heavy atom. The predicted octanol–water partition coefficient (Wildman–Crippen LogP) is 1.71. The van der Waals surface area contributed by atoms with E-state index >= 15 is 0 Å². The Kier molecular flexibility index (Phi) is 5.89. The van der Waals surface area contributed by atoms with Gasteiger partial charge >= 0.3 is 0 Å². The lowest BCUT2D eigenvalue weighted by Crippen LogP contribution is -2.35. The van der Waals surface area contributed by atoms with Crippen LogP contribution in [-0.4, -0.2) is 49.1 Å². The minimum Gasteiger partial charge on any atom is -0.482 e. The molecule has 1 rings (SSSR count). The molecule has 0 saturated heterocycles. The maximum Gasteiger partial charge on any atom is 0.253 e. The third-order valence-electron chi connectivity index (χ3n) is 3.43. The lowest BCUT2D eigenvalue weighted by molar-refractivity contribution is 0.0947. The van der Waals surface area contributed by atoms with Crippen LogP contribution in [0.1, 0.15) is 35.5 Å². The normalized spacial score (nSPS) is 10.8. The number of aryl methyl sites for hydroxylation is 1. The van der Waals surface area contributed by atoms with Gasteiger partial charge in [-0.2, -0.15) is 0 Å². The molecule has 1 amide bonds. The van der Waals surface area contributed by atoms with Crippen LogP contribution in [0.4, 0.5) is 0 Å². The number of carbonyl (C=O) groups excluding carboxylic acids is 1. The number of H-pyrrole nitrogens is 1. The Morgan fingerprint density at radius 3 is 2.42 bits per heavy atom. The van der Waals surface area contributed by atoms with Crippen molar-refractivity contribution in [2.45, 2.75) is 27.7 Å². The number of hydrogen-bond donors (Lipinski definition) is 2. The molecule has 0 aliphatic carbocycles. The van der Waals surface area contributed by atoms with E-state index in [0.29, 0.717) is 18.0 Å². The smallest absolute Gasteiger partial charge is 0.253 e. The maximum absolute atomic E-state index is 12.2. The zero-order valence-electron chi connectivity index (χ0n) is 12.6. The first-order valence-electron chi connectivity index (χ1n) is 6.78. The van der Waals surface area contributed by atoms with Gasteiger partial charge in [0.15, 0.2) is 5.88 Å². The predicted molar refractivity (Wildman–Crippen MR) is 76.9 cm³/mol. The maximum atomic E-state index is 12.2. The Labute approximate surface area is 115 Å². The van der Waals surface area contributed by atoms with Gasteiger partial charge in [-0.1, -0.05) is 13.8 Å². The topological polar surface area (TPSA) is 57.4 Å². The third kappa shape index (κ3) is 3.73. The number of carbonyl (C=O) groups is 1. The van der Waals surface area contributed by atoms with Crippen LogP contribution in [0.3, 0.4) is 0 Å². The summed E-state index contributed by atoms with van der Waals surface area (Å²) in [5.41, 5.74) is 2.39. The third-order valence-corrected chi connectivity index (χ3v) is 3.43. The summed E-state index contributed by atoms with van der Waals surface area (Å²) in [4.78, 5) is 17.5. The van der Waals surface area contributed by atoms with E-state index in [0.717, 1.165) is 30.9 Å². The molecule has 1 aromatic heterocycles. The van der Waals surface area contributed by atoms with Gasteiger partial charge in [0.05, 0.1) is 12.7 Å². The molecule has 0 radical (unpaired) electrons. The molecule has 1 heterocycles. The average molecular weight is 267 g/mol. The van der Waals surface area contributed by atoms with Crippen LogP contribution in [0.5, 0.6) is 5.88 Å². The van der Waals surface area contributed by atoms with E-state index in [4.69, 9.17) is 4.74 Å².